The molecule has 216 valence electrons. The predicted molar refractivity (Wildman–Crippen MR) is 138 cm³/mol. The van der Waals surface area contributed by atoms with E-state index in [4.69, 9.17) is 10.7 Å². The second-order valence-electron chi connectivity index (χ2n) is 10.4. The van der Waals surface area contributed by atoms with Crippen molar-refractivity contribution in [2.24, 2.45) is 0 Å². The number of sulfone groups is 1. The Bertz CT molecular complexity index is 1730. The molecule has 1 amide bonds. The largest absolute Gasteiger partial charge is 0.420 e. The second kappa shape index (κ2) is 9.51. The number of aromatic amines is 1. The number of H-pyrrole nitrogens is 1. The number of nitrogen functional groups attached to an aromatic ring is 1. The molecule has 2 fully saturated rings. The van der Waals surface area contributed by atoms with Crippen LogP contribution in [0.5, 0.6) is 0 Å². The summed E-state index contributed by atoms with van der Waals surface area (Å²) in [6, 6.07) is 3.72. The number of aliphatic hydroxyl groups excluding tert-OH is 1. The lowest BCUT2D eigenvalue weighted by atomic mass is 9.87. The molecule has 6 heterocycles. The lowest BCUT2D eigenvalue weighted by Crippen LogP contribution is -2.46. The molecule has 2 saturated heterocycles. The minimum Gasteiger partial charge on any atom is -0.382 e. The van der Waals surface area contributed by atoms with Crippen molar-refractivity contribution in [1.29, 1.82) is 0 Å². The molecule has 0 radical (unpaired) electrons. The summed E-state index contributed by atoms with van der Waals surface area (Å²) >= 11 is 0. The summed E-state index contributed by atoms with van der Waals surface area (Å²) in [4.78, 5) is 23.3. The van der Waals surface area contributed by atoms with Gasteiger partial charge in [-0.1, -0.05) is 6.07 Å². The molecular formula is C25H25F3N8O4S. The van der Waals surface area contributed by atoms with Gasteiger partial charge in [-0.3, -0.25) is 14.9 Å². The molecule has 0 aromatic carbocycles. The summed E-state index contributed by atoms with van der Waals surface area (Å²) in [5, 5.41) is 20.4. The van der Waals surface area contributed by atoms with Crippen LogP contribution in [-0.2, 0) is 9.84 Å². The van der Waals surface area contributed by atoms with Gasteiger partial charge in [0.05, 0.1) is 17.6 Å². The molecule has 12 nitrogen and oxygen atoms in total. The molecule has 6 rings (SSSR count). The normalized spacial score (nSPS) is 21.9. The molecule has 1 unspecified atom stereocenters. The minimum absolute atomic E-state index is 0.141. The molecule has 2 aliphatic heterocycles. The number of halogens is 3. The highest BCUT2D eigenvalue weighted by Gasteiger charge is 2.46. The van der Waals surface area contributed by atoms with Crippen molar-refractivity contribution < 1.29 is 31.5 Å². The number of hydrogen-bond acceptors (Lipinski definition) is 9. The number of carbonyl (C=O) groups is 1. The van der Waals surface area contributed by atoms with Gasteiger partial charge < -0.3 is 15.7 Å². The number of aliphatic hydroxyl groups is 1. The van der Waals surface area contributed by atoms with Crippen LogP contribution < -0.4 is 5.73 Å². The summed E-state index contributed by atoms with van der Waals surface area (Å²) in [5.74, 6) is -0.663. The second-order valence-corrected chi connectivity index (χ2v) is 12.4. The summed E-state index contributed by atoms with van der Waals surface area (Å²) in [6.45, 7) is 0. The van der Waals surface area contributed by atoms with E-state index in [0.29, 0.717) is 29.7 Å². The van der Waals surface area contributed by atoms with Crippen molar-refractivity contribution in [1.82, 2.24) is 34.7 Å². The van der Waals surface area contributed by atoms with Gasteiger partial charge in [-0.15, -0.1) is 0 Å². The number of nitrogens with one attached hydrogen (secondary N) is 1. The lowest BCUT2D eigenvalue weighted by molar-refractivity contribution is -0.207. The van der Waals surface area contributed by atoms with Crippen LogP contribution in [0.3, 0.4) is 0 Å². The Morgan fingerprint density at radius 3 is 2.44 bits per heavy atom. The van der Waals surface area contributed by atoms with E-state index in [-0.39, 0.29) is 46.0 Å². The summed E-state index contributed by atoms with van der Waals surface area (Å²) in [6.07, 6.45) is -0.0238. The first kappa shape index (κ1) is 27.1. The molecule has 4 N–H and O–H groups in total. The number of hydrogen-bond donors (Lipinski definition) is 3. The smallest absolute Gasteiger partial charge is 0.382 e. The molecule has 41 heavy (non-hydrogen) atoms. The van der Waals surface area contributed by atoms with E-state index in [0.717, 1.165) is 31.4 Å². The monoisotopic (exact) mass is 590 g/mol. The summed E-state index contributed by atoms with van der Waals surface area (Å²) in [5.41, 5.74) is 7.30. The SMILES string of the molecule is CS(=O)(=O)c1c([C@H]2C[C@H]3CC[C@@H](C2)N3C(=O)c2cc[nH]n2)nc2c(-c3ccc(C(O)C(F)(F)F)nc3)cnn2c1N. The number of carbonyl (C=O) groups excluding carboxylic acids is 1. The van der Waals surface area contributed by atoms with Crippen LogP contribution in [0.1, 0.15) is 59.6 Å². The fourth-order valence-corrected chi connectivity index (χ4v) is 7.07. The maximum Gasteiger partial charge on any atom is 0.420 e. The van der Waals surface area contributed by atoms with E-state index in [1.807, 2.05) is 4.90 Å². The van der Waals surface area contributed by atoms with Gasteiger partial charge >= 0.3 is 6.18 Å². The number of nitrogens with zero attached hydrogens (tertiary/aromatic N) is 6. The van der Waals surface area contributed by atoms with Gasteiger partial charge in [0.15, 0.2) is 21.6 Å². The van der Waals surface area contributed by atoms with E-state index in [2.05, 4.69) is 20.3 Å². The van der Waals surface area contributed by atoms with Crippen LogP contribution in [-0.4, -0.2) is 78.6 Å². The maximum absolute atomic E-state index is 13.1. The number of amides is 1. The number of piperidine rings is 1. The van der Waals surface area contributed by atoms with Crippen molar-refractivity contribution in [3.05, 3.63) is 53.9 Å². The first-order valence-corrected chi connectivity index (χ1v) is 14.6. The standard InChI is InChI=1S/C25H25F3N8O4S/c1-41(39,40)20-19(13-8-14-3-4-15(9-13)35(14)24(38)18-6-7-31-34-18)33-23-16(11-32-36(23)22(20)29)12-2-5-17(30-10-12)21(37)25(26,27)28/h2,5-7,10-11,13-15,21,37H,3-4,8-9,29H2,1H3,(H,31,34)/t13-,14+,15-,21?. The molecule has 0 aliphatic carbocycles. The van der Waals surface area contributed by atoms with E-state index < -0.39 is 27.8 Å². The van der Waals surface area contributed by atoms with E-state index in [1.165, 1.54) is 16.8 Å². The number of fused-ring (bicyclic) bond motifs is 3. The quantitative estimate of drug-likeness (QED) is 0.316. The molecule has 0 saturated carbocycles. The van der Waals surface area contributed by atoms with Gasteiger partial charge in [0.25, 0.3) is 5.91 Å². The highest BCUT2D eigenvalue weighted by molar-refractivity contribution is 7.91. The van der Waals surface area contributed by atoms with E-state index >= 15 is 0 Å². The molecule has 4 aromatic rings. The van der Waals surface area contributed by atoms with Crippen molar-refractivity contribution >= 4 is 27.2 Å². The van der Waals surface area contributed by atoms with Crippen molar-refractivity contribution in [2.45, 2.75) is 60.9 Å². The molecule has 2 bridgehead atoms. The number of alkyl halides is 3. The van der Waals surface area contributed by atoms with Crippen LogP contribution in [0.15, 0.2) is 41.7 Å². The highest BCUT2D eigenvalue weighted by atomic mass is 32.2. The Kier molecular flexibility index (Phi) is 6.29. The van der Waals surface area contributed by atoms with Crippen molar-refractivity contribution in [3.8, 4) is 11.1 Å². The average Bonchev–Trinajstić information content (AvgIpc) is 3.65. The first-order valence-electron chi connectivity index (χ1n) is 12.7. The van der Waals surface area contributed by atoms with Crippen LogP contribution in [0, 0.1) is 0 Å². The molecule has 4 atom stereocenters. The van der Waals surface area contributed by atoms with Gasteiger partial charge in [0.2, 0.25) is 0 Å². The van der Waals surface area contributed by atoms with Gasteiger partial charge in [-0.05, 0) is 37.8 Å². The third-order valence-electron chi connectivity index (χ3n) is 7.80. The van der Waals surface area contributed by atoms with Gasteiger partial charge in [0.1, 0.15) is 16.4 Å². The van der Waals surface area contributed by atoms with Crippen LogP contribution in [0.2, 0.25) is 0 Å². The predicted octanol–water partition coefficient (Wildman–Crippen LogP) is 2.65. The fraction of sp³-hybridized carbons (Fsp3) is 0.400. The van der Waals surface area contributed by atoms with Crippen molar-refractivity contribution in [3.63, 3.8) is 0 Å². The number of anilines is 1. The minimum atomic E-state index is -4.87. The Morgan fingerprint density at radius 1 is 1.17 bits per heavy atom. The molecule has 4 aromatic heterocycles. The van der Waals surface area contributed by atoms with Gasteiger partial charge in [-0.25, -0.2) is 13.4 Å². The number of nitrogens with two attached hydrogens (primary N) is 1. The Balaban J connectivity index is 1.40. The van der Waals surface area contributed by atoms with Crippen molar-refractivity contribution in [2.75, 3.05) is 12.0 Å². The number of pyridine rings is 1. The zero-order valence-corrected chi connectivity index (χ0v) is 22.4. The Morgan fingerprint density at radius 2 is 1.88 bits per heavy atom. The molecule has 16 heteroatoms. The van der Waals surface area contributed by atoms with Gasteiger partial charge in [-0.2, -0.15) is 27.9 Å². The zero-order chi connectivity index (χ0) is 29.3. The Hall–Kier alpha value is -4.05. The fourth-order valence-electron chi connectivity index (χ4n) is 6.02. The van der Waals surface area contributed by atoms with Gasteiger partial charge in [0, 0.05) is 47.8 Å². The third kappa shape index (κ3) is 4.60. The summed E-state index contributed by atoms with van der Waals surface area (Å²) in [7, 11) is -3.86. The van der Waals surface area contributed by atoms with Crippen LogP contribution in [0.25, 0.3) is 16.8 Å². The topological polar surface area (TPSA) is 172 Å². The van der Waals surface area contributed by atoms with Crippen LogP contribution >= 0.6 is 0 Å². The average molecular weight is 591 g/mol. The third-order valence-corrected chi connectivity index (χ3v) is 8.96. The van der Waals surface area contributed by atoms with Crippen LogP contribution in [0.4, 0.5) is 19.0 Å². The van der Waals surface area contributed by atoms with E-state index in [1.54, 1.807) is 12.3 Å². The highest BCUT2D eigenvalue weighted by Crippen LogP contribution is 2.45. The summed E-state index contributed by atoms with van der Waals surface area (Å²) < 4.78 is 65.8. The number of aromatic nitrogens is 6. The first-order chi connectivity index (χ1) is 19.3. The zero-order valence-electron chi connectivity index (χ0n) is 21.6. The number of rotatable bonds is 5. The lowest BCUT2D eigenvalue weighted by Gasteiger charge is -2.39. The molecular weight excluding hydrogens is 565 g/mol. The Labute approximate surface area is 231 Å². The molecule has 2 aliphatic rings. The van der Waals surface area contributed by atoms with E-state index in [9.17, 15) is 31.5 Å². The maximum atomic E-state index is 13.1. The molecule has 0 spiro atoms.